The van der Waals surface area contributed by atoms with Crippen molar-refractivity contribution in [3.63, 3.8) is 0 Å². The second-order valence-corrected chi connectivity index (χ2v) is 16.5. The lowest BCUT2D eigenvalue weighted by Crippen LogP contribution is -2.25. The molecule has 0 aliphatic rings. The summed E-state index contributed by atoms with van der Waals surface area (Å²) >= 11 is 0. The van der Waals surface area contributed by atoms with Gasteiger partial charge in [0.2, 0.25) is 0 Å². The van der Waals surface area contributed by atoms with E-state index in [0.29, 0.717) is 12.8 Å². The smallest absolute Gasteiger partial charge is 0.305 e. The summed E-state index contributed by atoms with van der Waals surface area (Å²) in [5, 5.41) is 10.0. The molecule has 0 fully saturated rings. The van der Waals surface area contributed by atoms with Crippen LogP contribution in [0.25, 0.3) is 0 Å². The van der Waals surface area contributed by atoms with Crippen LogP contribution in [-0.2, 0) is 19.1 Å². The topological polar surface area (TPSA) is 72.8 Å². The lowest BCUT2D eigenvalue weighted by atomic mass is 10.0. The monoisotopic (exact) mass is 709 g/mol. The van der Waals surface area contributed by atoms with Crippen molar-refractivity contribution in [2.75, 3.05) is 13.2 Å². The van der Waals surface area contributed by atoms with Crippen LogP contribution in [0.2, 0.25) is 0 Å². The first-order valence-electron chi connectivity index (χ1n) is 22.3. The molecule has 0 saturated heterocycles. The van der Waals surface area contributed by atoms with Crippen molar-refractivity contribution < 1.29 is 24.2 Å². The molecule has 0 radical (unpaired) electrons. The molecule has 50 heavy (non-hydrogen) atoms. The highest BCUT2D eigenvalue weighted by Crippen LogP contribution is 2.17. The molecule has 5 nitrogen and oxygen atoms in total. The third kappa shape index (κ3) is 41.3. The molecule has 0 bridgehead atoms. The number of esters is 2. The van der Waals surface area contributed by atoms with Crippen molar-refractivity contribution in [1.29, 1.82) is 0 Å². The molecule has 0 aromatic carbocycles. The molecule has 1 atom stereocenters. The molecule has 5 heteroatoms. The van der Waals surface area contributed by atoms with Crippen LogP contribution in [-0.4, -0.2) is 36.4 Å². The molecule has 1 N–H and O–H groups in total. The van der Waals surface area contributed by atoms with Crippen LogP contribution >= 0.6 is 0 Å². The number of unbranched alkanes of at least 4 members (excludes halogenated alkanes) is 28. The maximum atomic E-state index is 12.0. The Morgan fingerprint density at radius 3 is 0.780 bits per heavy atom. The summed E-state index contributed by atoms with van der Waals surface area (Å²) in [6, 6.07) is 0. The molecule has 298 valence electrons. The standard InChI is InChI=1S/C45H88O5/c1-41(2)35-31-27-23-19-15-11-9-7-5-6-8-10-12-17-21-25-29-33-37-44(47)49-39-43(46)40-50-45(48)38-34-30-26-22-18-14-13-16-20-24-28-32-36-42(3)4/h41-43,46H,5-40H2,1-4H3/t43-/m0/s1. The average Bonchev–Trinajstić information content (AvgIpc) is 3.08. The van der Waals surface area contributed by atoms with E-state index < -0.39 is 6.10 Å². The third-order valence-corrected chi connectivity index (χ3v) is 10.2. The molecule has 0 unspecified atom stereocenters. The Kier molecular flexibility index (Phi) is 38.3. The van der Waals surface area contributed by atoms with Crippen molar-refractivity contribution in [2.24, 2.45) is 11.8 Å². The molecule has 0 spiro atoms. The van der Waals surface area contributed by atoms with Crippen LogP contribution in [0.15, 0.2) is 0 Å². The number of carbonyl (C=O) groups is 2. The largest absolute Gasteiger partial charge is 0.463 e. The van der Waals surface area contributed by atoms with Crippen LogP contribution in [0.5, 0.6) is 0 Å². The second-order valence-electron chi connectivity index (χ2n) is 16.5. The van der Waals surface area contributed by atoms with E-state index in [-0.39, 0.29) is 25.2 Å². The molecule has 0 heterocycles. The Morgan fingerprint density at radius 1 is 0.360 bits per heavy atom. The fourth-order valence-electron chi connectivity index (χ4n) is 6.81. The first-order chi connectivity index (χ1) is 24.3. The second kappa shape index (κ2) is 39.1. The van der Waals surface area contributed by atoms with Crippen molar-refractivity contribution >= 4 is 11.9 Å². The molecule has 0 aliphatic carbocycles. The average molecular weight is 709 g/mol. The van der Waals surface area contributed by atoms with Crippen LogP contribution < -0.4 is 0 Å². The Morgan fingerprint density at radius 2 is 0.560 bits per heavy atom. The lowest BCUT2D eigenvalue weighted by molar-refractivity contribution is -0.152. The SMILES string of the molecule is CC(C)CCCCCCCCCCCCCCCCCCCCC(=O)OC[C@H](O)COC(=O)CCCCCCCCCCCCCCC(C)C. The van der Waals surface area contributed by atoms with E-state index in [1.807, 2.05) is 0 Å². The molecular formula is C45H88O5. The zero-order valence-electron chi connectivity index (χ0n) is 34.3. The highest BCUT2D eigenvalue weighted by molar-refractivity contribution is 5.69. The van der Waals surface area contributed by atoms with E-state index in [1.165, 1.54) is 180 Å². The van der Waals surface area contributed by atoms with Crippen molar-refractivity contribution in [2.45, 2.75) is 252 Å². The minimum atomic E-state index is -0.956. The lowest BCUT2D eigenvalue weighted by Gasteiger charge is -2.12. The van der Waals surface area contributed by atoms with Crippen LogP contribution in [0.4, 0.5) is 0 Å². The van der Waals surface area contributed by atoms with E-state index in [4.69, 9.17) is 9.47 Å². The van der Waals surface area contributed by atoms with Gasteiger partial charge in [0, 0.05) is 12.8 Å². The molecule has 0 rings (SSSR count). The summed E-state index contributed by atoms with van der Waals surface area (Å²) in [4.78, 5) is 24.0. The van der Waals surface area contributed by atoms with Crippen molar-refractivity contribution in [3.05, 3.63) is 0 Å². The minimum absolute atomic E-state index is 0.108. The summed E-state index contributed by atoms with van der Waals surface area (Å²) in [6.45, 7) is 9.06. The van der Waals surface area contributed by atoms with Gasteiger partial charge in [-0.05, 0) is 24.7 Å². The maximum absolute atomic E-state index is 12.0. The zero-order valence-corrected chi connectivity index (χ0v) is 34.3. The predicted octanol–water partition coefficient (Wildman–Crippen LogP) is 14.0. The van der Waals surface area contributed by atoms with Gasteiger partial charge < -0.3 is 14.6 Å². The molecule has 0 saturated carbocycles. The van der Waals surface area contributed by atoms with Gasteiger partial charge in [-0.15, -0.1) is 0 Å². The Balaban J connectivity index is 3.35. The van der Waals surface area contributed by atoms with Gasteiger partial charge in [-0.3, -0.25) is 9.59 Å². The first kappa shape index (κ1) is 48.9. The number of rotatable bonds is 40. The van der Waals surface area contributed by atoms with Gasteiger partial charge in [0.05, 0.1) is 0 Å². The highest BCUT2D eigenvalue weighted by atomic mass is 16.6. The fourth-order valence-corrected chi connectivity index (χ4v) is 6.81. The number of aliphatic hydroxyl groups is 1. The predicted molar refractivity (Wildman–Crippen MR) is 215 cm³/mol. The fraction of sp³-hybridized carbons (Fsp3) is 0.956. The maximum Gasteiger partial charge on any atom is 0.305 e. The number of carbonyl (C=O) groups excluding carboxylic acids is 2. The summed E-state index contributed by atoms with van der Waals surface area (Å²) in [5.41, 5.74) is 0. The first-order valence-corrected chi connectivity index (χ1v) is 22.3. The van der Waals surface area contributed by atoms with Crippen LogP contribution in [0, 0.1) is 11.8 Å². The molecular weight excluding hydrogens is 620 g/mol. The van der Waals surface area contributed by atoms with Gasteiger partial charge >= 0.3 is 11.9 Å². The van der Waals surface area contributed by atoms with Crippen LogP contribution in [0.1, 0.15) is 246 Å². The van der Waals surface area contributed by atoms with E-state index in [0.717, 1.165) is 37.5 Å². The quantitative estimate of drug-likeness (QED) is 0.0507. The van der Waals surface area contributed by atoms with Crippen molar-refractivity contribution in [1.82, 2.24) is 0 Å². The van der Waals surface area contributed by atoms with Gasteiger partial charge in [-0.2, -0.15) is 0 Å². The number of hydrogen-bond donors (Lipinski definition) is 1. The molecule has 0 aromatic rings. The highest BCUT2D eigenvalue weighted by Gasteiger charge is 2.12. The van der Waals surface area contributed by atoms with E-state index in [2.05, 4.69) is 27.7 Å². The van der Waals surface area contributed by atoms with E-state index >= 15 is 0 Å². The Hall–Kier alpha value is -1.10. The zero-order chi connectivity index (χ0) is 36.8. The summed E-state index contributed by atoms with van der Waals surface area (Å²) in [5.74, 6) is 1.16. The summed E-state index contributed by atoms with van der Waals surface area (Å²) in [7, 11) is 0. The Labute approximate surface area is 312 Å². The van der Waals surface area contributed by atoms with E-state index in [1.54, 1.807) is 0 Å². The van der Waals surface area contributed by atoms with Gasteiger partial charge in [-0.25, -0.2) is 0 Å². The third-order valence-electron chi connectivity index (χ3n) is 10.2. The minimum Gasteiger partial charge on any atom is -0.463 e. The summed E-state index contributed by atoms with van der Waals surface area (Å²) < 4.78 is 10.4. The number of ether oxygens (including phenoxy) is 2. The normalized spacial score (nSPS) is 12.2. The van der Waals surface area contributed by atoms with Gasteiger partial charge in [-0.1, -0.05) is 220 Å². The van der Waals surface area contributed by atoms with E-state index in [9.17, 15) is 14.7 Å². The van der Waals surface area contributed by atoms with Crippen LogP contribution in [0.3, 0.4) is 0 Å². The number of aliphatic hydroxyl groups excluding tert-OH is 1. The van der Waals surface area contributed by atoms with Gasteiger partial charge in [0.25, 0.3) is 0 Å². The number of hydrogen-bond acceptors (Lipinski definition) is 5. The molecule has 0 aromatic heterocycles. The molecule has 0 amide bonds. The van der Waals surface area contributed by atoms with Gasteiger partial charge in [0.1, 0.15) is 19.3 Å². The van der Waals surface area contributed by atoms with Gasteiger partial charge in [0.15, 0.2) is 0 Å². The summed E-state index contributed by atoms with van der Waals surface area (Å²) in [6.07, 6.45) is 41.7. The van der Waals surface area contributed by atoms with Crippen molar-refractivity contribution in [3.8, 4) is 0 Å². The molecule has 0 aliphatic heterocycles. The Bertz CT molecular complexity index is 706.